The molecule has 1 aliphatic carbocycles. The maximum Gasteiger partial charge on any atom is 0.335 e. The van der Waals surface area contributed by atoms with E-state index >= 15 is 0 Å². The van der Waals surface area contributed by atoms with Gasteiger partial charge in [0.1, 0.15) is 0 Å². The van der Waals surface area contributed by atoms with Crippen molar-refractivity contribution < 1.29 is 23.5 Å². The van der Waals surface area contributed by atoms with E-state index in [1.807, 2.05) is 0 Å². The van der Waals surface area contributed by atoms with Crippen LogP contribution in [0.5, 0.6) is 0 Å². The Morgan fingerprint density at radius 1 is 1.27 bits per heavy atom. The number of benzene rings is 2. The van der Waals surface area contributed by atoms with E-state index in [1.165, 1.54) is 30.3 Å². The molecule has 0 saturated heterocycles. The smallest absolute Gasteiger partial charge is 0.335 e. The van der Waals surface area contributed by atoms with Crippen molar-refractivity contribution in [1.29, 1.82) is 0 Å². The molecule has 2 aromatic rings. The van der Waals surface area contributed by atoms with Gasteiger partial charge in [-0.15, -0.1) is 0 Å². The van der Waals surface area contributed by atoms with E-state index in [9.17, 15) is 18.4 Å². The van der Waals surface area contributed by atoms with Gasteiger partial charge in [-0.2, -0.15) is 0 Å². The van der Waals surface area contributed by atoms with Crippen molar-refractivity contribution in [1.82, 2.24) is 5.32 Å². The Bertz CT molecular complexity index is 893. The minimum Gasteiger partial charge on any atom is -0.478 e. The average Bonchev–Trinajstić information content (AvgIpc) is 2.96. The van der Waals surface area contributed by atoms with Crippen molar-refractivity contribution in [3.05, 3.63) is 69.2 Å². The third-order valence-corrected chi connectivity index (χ3v) is 4.90. The lowest BCUT2D eigenvalue weighted by atomic mass is 10.0. The first-order chi connectivity index (χ1) is 12.2. The number of alkyl halides is 2. The molecular weight excluding hydrogens is 364 g/mol. The van der Waals surface area contributed by atoms with Crippen molar-refractivity contribution in [2.45, 2.75) is 31.7 Å². The fourth-order valence-corrected chi connectivity index (χ4v) is 3.55. The molecule has 7 heteroatoms. The topological polar surface area (TPSA) is 66.4 Å². The highest BCUT2D eigenvalue weighted by Gasteiger charge is 2.31. The van der Waals surface area contributed by atoms with Gasteiger partial charge in [-0.3, -0.25) is 4.79 Å². The number of carbonyl (C=O) groups excluding carboxylic acids is 1. The first-order valence-electron chi connectivity index (χ1n) is 8.02. The van der Waals surface area contributed by atoms with Crippen LogP contribution in [0.2, 0.25) is 5.02 Å². The van der Waals surface area contributed by atoms with E-state index in [2.05, 4.69) is 5.32 Å². The number of fused-ring (bicyclic) bond motifs is 1. The first kappa shape index (κ1) is 18.3. The molecule has 136 valence electrons. The van der Waals surface area contributed by atoms with E-state index < -0.39 is 29.4 Å². The van der Waals surface area contributed by atoms with Crippen molar-refractivity contribution in [2.75, 3.05) is 0 Å². The van der Waals surface area contributed by atoms with Crippen LogP contribution in [0.15, 0.2) is 36.4 Å². The lowest BCUT2D eigenvalue weighted by Crippen LogP contribution is -2.28. The van der Waals surface area contributed by atoms with Crippen molar-refractivity contribution in [3.8, 4) is 0 Å². The highest BCUT2D eigenvalue weighted by Crippen LogP contribution is 2.36. The van der Waals surface area contributed by atoms with E-state index in [1.54, 1.807) is 6.07 Å². The molecule has 0 heterocycles. The van der Waals surface area contributed by atoms with Gasteiger partial charge in [0.25, 0.3) is 11.8 Å². The number of nitrogens with one attached hydrogen (secondary N) is 1. The van der Waals surface area contributed by atoms with Crippen LogP contribution in [0.1, 0.15) is 56.8 Å². The summed E-state index contributed by atoms with van der Waals surface area (Å²) in [5.74, 6) is -4.78. The summed E-state index contributed by atoms with van der Waals surface area (Å²) >= 11 is 6.02. The third-order valence-electron chi connectivity index (χ3n) is 4.49. The maximum absolute atomic E-state index is 13.6. The van der Waals surface area contributed by atoms with Gasteiger partial charge in [0.05, 0.1) is 22.2 Å². The SMILES string of the molecule is CC(F)(F)c1cccc(C(=O)NC2CCc3ccc(C(=O)O)cc32)c1Cl. The largest absolute Gasteiger partial charge is 0.478 e. The zero-order chi connectivity index (χ0) is 19.1. The Morgan fingerprint density at radius 3 is 2.65 bits per heavy atom. The third kappa shape index (κ3) is 3.42. The van der Waals surface area contributed by atoms with Gasteiger partial charge in [-0.1, -0.05) is 29.8 Å². The van der Waals surface area contributed by atoms with Crippen molar-refractivity contribution in [3.63, 3.8) is 0 Å². The Hall–Kier alpha value is -2.47. The predicted molar refractivity (Wildman–Crippen MR) is 92.9 cm³/mol. The number of rotatable bonds is 4. The summed E-state index contributed by atoms with van der Waals surface area (Å²) in [5, 5.41) is 11.6. The van der Waals surface area contributed by atoms with E-state index in [0.29, 0.717) is 12.8 Å². The Labute approximate surface area is 153 Å². The molecule has 0 aromatic heterocycles. The van der Waals surface area contributed by atoms with Crippen LogP contribution in [-0.2, 0) is 12.3 Å². The second kappa shape index (κ2) is 6.68. The van der Waals surface area contributed by atoms with Crippen LogP contribution < -0.4 is 5.32 Å². The number of aromatic carboxylic acids is 1. The van der Waals surface area contributed by atoms with Gasteiger partial charge < -0.3 is 10.4 Å². The molecule has 1 unspecified atom stereocenters. The number of hydrogen-bond acceptors (Lipinski definition) is 2. The molecule has 0 radical (unpaired) electrons. The fourth-order valence-electron chi connectivity index (χ4n) is 3.17. The molecule has 1 amide bonds. The maximum atomic E-state index is 13.6. The monoisotopic (exact) mass is 379 g/mol. The van der Waals surface area contributed by atoms with Gasteiger partial charge >= 0.3 is 5.97 Å². The summed E-state index contributed by atoms with van der Waals surface area (Å²) < 4.78 is 27.2. The normalized spacial score (nSPS) is 16.2. The van der Waals surface area contributed by atoms with Crippen LogP contribution in [0, 0.1) is 0 Å². The molecule has 2 N–H and O–H groups in total. The fraction of sp³-hybridized carbons (Fsp3) is 0.263. The van der Waals surface area contributed by atoms with Crippen LogP contribution in [-0.4, -0.2) is 17.0 Å². The van der Waals surface area contributed by atoms with E-state index in [0.717, 1.165) is 18.1 Å². The van der Waals surface area contributed by atoms with Crippen LogP contribution >= 0.6 is 11.6 Å². The molecule has 1 atom stereocenters. The summed E-state index contributed by atoms with van der Waals surface area (Å²) in [4.78, 5) is 23.7. The second-order valence-electron chi connectivity index (χ2n) is 6.34. The van der Waals surface area contributed by atoms with Gasteiger partial charge in [0.2, 0.25) is 0 Å². The lowest BCUT2D eigenvalue weighted by Gasteiger charge is -2.18. The highest BCUT2D eigenvalue weighted by molar-refractivity contribution is 6.34. The van der Waals surface area contributed by atoms with Crippen LogP contribution in [0.25, 0.3) is 0 Å². The quantitative estimate of drug-likeness (QED) is 0.817. The molecule has 0 spiro atoms. The van der Waals surface area contributed by atoms with E-state index in [4.69, 9.17) is 16.7 Å². The molecule has 2 aromatic carbocycles. The molecule has 0 aliphatic heterocycles. The number of halogens is 3. The number of carbonyl (C=O) groups is 2. The number of carboxylic acid groups (broad SMARTS) is 1. The number of aryl methyl sites for hydroxylation is 1. The molecule has 0 bridgehead atoms. The minimum absolute atomic E-state index is 0.0338. The standard InChI is InChI=1S/C19H16ClF2NO3/c1-19(21,22)14-4-2-3-12(16(14)20)17(24)23-15-8-7-10-5-6-11(18(25)26)9-13(10)15/h2-6,9,15H,7-8H2,1H3,(H,23,24)(H,25,26). The summed E-state index contributed by atoms with van der Waals surface area (Å²) in [6, 6.07) is 8.33. The molecule has 0 saturated carbocycles. The Kier molecular flexibility index (Phi) is 4.71. The molecule has 26 heavy (non-hydrogen) atoms. The zero-order valence-corrected chi connectivity index (χ0v) is 14.6. The summed E-state index contributed by atoms with van der Waals surface area (Å²) in [7, 11) is 0. The van der Waals surface area contributed by atoms with Crippen LogP contribution in [0.4, 0.5) is 8.78 Å². The Morgan fingerprint density at radius 2 is 2.00 bits per heavy atom. The molecule has 1 aliphatic rings. The summed E-state index contributed by atoms with van der Waals surface area (Å²) in [6.07, 6.45) is 1.30. The molecular formula is C19H16ClF2NO3. The number of hydrogen-bond donors (Lipinski definition) is 2. The van der Waals surface area contributed by atoms with Crippen molar-refractivity contribution in [2.24, 2.45) is 0 Å². The number of carboxylic acids is 1. The predicted octanol–water partition coefficient (Wildman–Crippen LogP) is 4.57. The first-order valence-corrected chi connectivity index (χ1v) is 8.40. The zero-order valence-electron chi connectivity index (χ0n) is 13.9. The van der Waals surface area contributed by atoms with Crippen LogP contribution in [0.3, 0.4) is 0 Å². The van der Waals surface area contributed by atoms with Gasteiger partial charge in [-0.25, -0.2) is 13.6 Å². The minimum atomic E-state index is -3.16. The molecule has 3 rings (SSSR count). The molecule has 4 nitrogen and oxygen atoms in total. The number of amides is 1. The van der Waals surface area contributed by atoms with Gasteiger partial charge in [0, 0.05) is 12.5 Å². The van der Waals surface area contributed by atoms with Crippen molar-refractivity contribution >= 4 is 23.5 Å². The molecule has 0 fully saturated rings. The second-order valence-corrected chi connectivity index (χ2v) is 6.72. The van der Waals surface area contributed by atoms with E-state index in [-0.39, 0.29) is 16.1 Å². The lowest BCUT2D eigenvalue weighted by molar-refractivity contribution is 0.0175. The summed E-state index contributed by atoms with van der Waals surface area (Å²) in [5.41, 5.74) is 1.38. The van der Waals surface area contributed by atoms with Gasteiger partial charge in [-0.05, 0) is 42.2 Å². The Balaban J connectivity index is 1.87. The highest BCUT2D eigenvalue weighted by atomic mass is 35.5. The average molecular weight is 380 g/mol. The summed E-state index contributed by atoms with van der Waals surface area (Å²) in [6.45, 7) is 0.719. The van der Waals surface area contributed by atoms with Gasteiger partial charge in [0.15, 0.2) is 0 Å².